The molecular weight excluding hydrogens is 407 g/mol. The summed E-state index contributed by atoms with van der Waals surface area (Å²) in [5.74, 6) is 2.49. The first-order chi connectivity index (χ1) is 10.8. The van der Waals surface area contributed by atoms with Crippen LogP contribution in [0.5, 0.6) is 5.75 Å². The van der Waals surface area contributed by atoms with Crippen molar-refractivity contribution in [3.05, 3.63) is 42.5 Å². The maximum atomic E-state index is 5.63. The summed E-state index contributed by atoms with van der Waals surface area (Å²) < 4.78 is 7.50. The quantitative estimate of drug-likeness (QED) is 0.302. The van der Waals surface area contributed by atoms with Crippen molar-refractivity contribution in [2.24, 2.45) is 12.0 Å². The number of aromatic nitrogens is 3. The minimum Gasteiger partial charge on any atom is -0.494 e. The van der Waals surface area contributed by atoms with Crippen LogP contribution in [0.2, 0.25) is 0 Å². The van der Waals surface area contributed by atoms with Gasteiger partial charge in [0.2, 0.25) is 0 Å². The first-order valence-corrected chi connectivity index (χ1v) is 7.25. The van der Waals surface area contributed by atoms with Crippen LogP contribution in [0.25, 0.3) is 0 Å². The minimum absolute atomic E-state index is 0. The lowest BCUT2D eigenvalue weighted by molar-refractivity contribution is 0.311. The molecule has 0 spiro atoms. The van der Waals surface area contributed by atoms with Crippen LogP contribution in [-0.4, -0.2) is 40.9 Å². The number of hydrogen-bond donors (Lipinski definition) is 2. The average Bonchev–Trinajstić information content (AvgIpc) is 2.96. The number of nitrogens with one attached hydrogen (secondary N) is 2. The summed E-state index contributed by atoms with van der Waals surface area (Å²) in [6.07, 6.45) is 2.56. The minimum atomic E-state index is 0. The predicted octanol–water partition coefficient (Wildman–Crippen LogP) is 1.57. The van der Waals surface area contributed by atoms with Crippen molar-refractivity contribution in [1.29, 1.82) is 0 Å². The number of aryl methyl sites for hydroxylation is 1. The SMILES string of the molecule is CN=C(NCCCOc1ccccc1)NCc1nncn1C.I. The van der Waals surface area contributed by atoms with Crippen LogP contribution in [0, 0.1) is 0 Å². The highest BCUT2D eigenvalue weighted by Gasteiger charge is 2.02. The molecule has 7 nitrogen and oxygen atoms in total. The second-order valence-electron chi connectivity index (χ2n) is 4.73. The zero-order valence-electron chi connectivity index (χ0n) is 13.4. The molecule has 23 heavy (non-hydrogen) atoms. The van der Waals surface area contributed by atoms with E-state index in [2.05, 4.69) is 25.8 Å². The Labute approximate surface area is 153 Å². The first-order valence-electron chi connectivity index (χ1n) is 7.25. The Morgan fingerprint density at radius 2 is 2.04 bits per heavy atom. The van der Waals surface area contributed by atoms with Crippen LogP contribution in [-0.2, 0) is 13.6 Å². The van der Waals surface area contributed by atoms with Crippen molar-refractivity contribution in [3.8, 4) is 5.75 Å². The lowest BCUT2D eigenvalue weighted by atomic mass is 10.3. The van der Waals surface area contributed by atoms with E-state index in [1.54, 1.807) is 13.4 Å². The third kappa shape index (κ3) is 6.85. The molecule has 0 atom stereocenters. The van der Waals surface area contributed by atoms with Crippen molar-refractivity contribution in [1.82, 2.24) is 25.4 Å². The summed E-state index contributed by atoms with van der Waals surface area (Å²) in [6, 6.07) is 9.81. The number of benzene rings is 1. The van der Waals surface area contributed by atoms with Gasteiger partial charge in [-0.3, -0.25) is 4.99 Å². The summed E-state index contributed by atoms with van der Waals surface area (Å²) in [5, 5.41) is 14.3. The molecule has 0 unspecified atom stereocenters. The molecule has 0 fully saturated rings. The summed E-state index contributed by atoms with van der Waals surface area (Å²) in [6.45, 7) is 2.03. The standard InChI is InChI=1S/C15H22N6O.HI/c1-16-15(18-11-14-20-19-12-21(14)2)17-9-6-10-22-13-7-4-3-5-8-13;/h3-5,7-8,12H,6,9-11H2,1-2H3,(H2,16,17,18);1H. The second-order valence-corrected chi connectivity index (χ2v) is 4.73. The van der Waals surface area contributed by atoms with Crippen molar-refractivity contribution in [3.63, 3.8) is 0 Å². The molecule has 2 aromatic rings. The molecule has 0 aliphatic carbocycles. The van der Waals surface area contributed by atoms with E-state index in [0.717, 1.165) is 30.5 Å². The van der Waals surface area contributed by atoms with Gasteiger partial charge in [0.25, 0.3) is 0 Å². The number of ether oxygens (including phenoxy) is 1. The molecule has 0 saturated heterocycles. The Balaban J connectivity index is 0.00000264. The molecule has 126 valence electrons. The number of hydrogen-bond acceptors (Lipinski definition) is 4. The maximum Gasteiger partial charge on any atom is 0.191 e. The van der Waals surface area contributed by atoms with Gasteiger partial charge in [-0.05, 0) is 18.6 Å². The summed E-state index contributed by atoms with van der Waals surface area (Å²) in [5.41, 5.74) is 0. The van der Waals surface area contributed by atoms with Gasteiger partial charge >= 0.3 is 0 Å². The molecule has 0 aliphatic rings. The number of halogens is 1. The van der Waals surface area contributed by atoms with E-state index >= 15 is 0 Å². The highest BCUT2D eigenvalue weighted by atomic mass is 127. The van der Waals surface area contributed by atoms with Gasteiger partial charge < -0.3 is 19.9 Å². The normalized spacial score (nSPS) is 10.8. The fraction of sp³-hybridized carbons (Fsp3) is 0.400. The molecule has 1 aromatic carbocycles. The van der Waals surface area contributed by atoms with E-state index < -0.39 is 0 Å². The van der Waals surface area contributed by atoms with E-state index in [4.69, 9.17) is 4.74 Å². The molecule has 0 amide bonds. The molecule has 0 bridgehead atoms. The second kappa shape index (κ2) is 10.8. The third-order valence-corrected chi connectivity index (χ3v) is 3.07. The fourth-order valence-corrected chi connectivity index (χ4v) is 1.84. The lowest BCUT2D eigenvalue weighted by Crippen LogP contribution is -2.38. The van der Waals surface area contributed by atoms with Crippen molar-refractivity contribution >= 4 is 29.9 Å². The summed E-state index contributed by atoms with van der Waals surface area (Å²) >= 11 is 0. The third-order valence-electron chi connectivity index (χ3n) is 3.07. The zero-order chi connectivity index (χ0) is 15.6. The molecule has 2 N–H and O–H groups in total. The number of aliphatic imine (C=N–C) groups is 1. The van der Waals surface area contributed by atoms with E-state index in [0.29, 0.717) is 13.2 Å². The average molecular weight is 430 g/mol. The van der Waals surface area contributed by atoms with Crippen molar-refractivity contribution in [2.45, 2.75) is 13.0 Å². The predicted molar refractivity (Wildman–Crippen MR) is 101 cm³/mol. The molecule has 2 rings (SSSR count). The van der Waals surface area contributed by atoms with Crippen LogP contribution in [0.4, 0.5) is 0 Å². The van der Waals surface area contributed by atoms with Crippen LogP contribution in [0.3, 0.4) is 0 Å². The largest absolute Gasteiger partial charge is 0.494 e. The van der Waals surface area contributed by atoms with Gasteiger partial charge in [-0.15, -0.1) is 34.2 Å². The zero-order valence-corrected chi connectivity index (χ0v) is 15.7. The van der Waals surface area contributed by atoms with Gasteiger partial charge in [0.05, 0.1) is 13.2 Å². The van der Waals surface area contributed by atoms with Gasteiger partial charge in [0.15, 0.2) is 11.8 Å². The maximum absolute atomic E-state index is 5.63. The fourth-order valence-electron chi connectivity index (χ4n) is 1.84. The summed E-state index contributed by atoms with van der Waals surface area (Å²) in [4.78, 5) is 4.17. The molecule has 1 heterocycles. The summed E-state index contributed by atoms with van der Waals surface area (Å²) in [7, 11) is 3.65. The van der Waals surface area contributed by atoms with E-state index in [9.17, 15) is 0 Å². The Hall–Kier alpha value is -1.84. The van der Waals surface area contributed by atoms with Gasteiger partial charge in [-0.2, -0.15) is 0 Å². The van der Waals surface area contributed by atoms with E-state index in [1.807, 2.05) is 41.9 Å². The monoisotopic (exact) mass is 430 g/mol. The Morgan fingerprint density at radius 1 is 1.26 bits per heavy atom. The molecule has 0 aliphatic heterocycles. The van der Waals surface area contributed by atoms with Gasteiger partial charge in [0, 0.05) is 20.6 Å². The highest BCUT2D eigenvalue weighted by Crippen LogP contribution is 2.07. The smallest absolute Gasteiger partial charge is 0.191 e. The molecule has 1 aromatic heterocycles. The molecule has 8 heteroatoms. The van der Waals surface area contributed by atoms with Gasteiger partial charge in [-0.1, -0.05) is 18.2 Å². The van der Waals surface area contributed by atoms with Gasteiger partial charge in [-0.25, -0.2) is 0 Å². The van der Waals surface area contributed by atoms with Crippen molar-refractivity contribution < 1.29 is 4.74 Å². The molecule has 0 saturated carbocycles. The number of guanidine groups is 1. The first kappa shape index (κ1) is 19.2. The van der Waals surface area contributed by atoms with Crippen LogP contribution >= 0.6 is 24.0 Å². The number of rotatable bonds is 7. The van der Waals surface area contributed by atoms with E-state index in [-0.39, 0.29) is 24.0 Å². The van der Waals surface area contributed by atoms with E-state index in [1.165, 1.54) is 0 Å². The Morgan fingerprint density at radius 3 is 2.70 bits per heavy atom. The van der Waals surface area contributed by atoms with Crippen LogP contribution in [0.1, 0.15) is 12.2 Å². The van der Waals surface area contributed by atoms with Crippen LogP contribution in [0.15, 0.2) is 41.7 Å². The number of nitrogens with zero attached hydrogens (tertiary/aromatic N) is 4. The Bertz CT molecular complexity index is 587. The molecular formula is C15H23IN6O. The highest BCUT2D eigenvalue weighted by molar-refractivity contribution is 14.0. The van der Waals surface area contributed by atoms with Crippen molar-refractivity contribution in [2.75, 3.05) is 20.2 Å². The Kier molecular flexibility index (Phi) is 9.03. The van der Waals surface area contributed by atoms with Crippen LogP contribution < -0.4 is 15.4 Å². The topological polar surface area (TPSA) is 76.4 Å². The lowest BCUT2D eigenvalue weighted by Gasteiger charge is -2.11. The molecule has 0 radical (unpaired) electrons. The van der Waals surface area contributed by atoms with Gasteiger partial charge in [0.1, 0.15) is 12.1 Å². The number of para-hydroxylation sites is 1.